The number of hydrogen-bond donors (Lipinski definition) is 2. The second-order valence-electron chi connectivity index (χ2n) is 2.67. The predicted molar refractivity (Wildman–Crippen MR) is 56.4 cm³/mol. The first-order valence-electron chi connectivity index (χ1n) is 3.79. The number of H-pyrrole nitrogens is 2. The lowest BCUT2D eigenvalue weighted by Gasteiger charge is -1.96. The van der Waals surface area contributed by atoms with Crippen LogP contribution in [0, 0.1) is 4.77 Å². The van der Waals surface area contributed by atoms with Crippen molar-refractivity contribution < 1.29 is 0 Å². The first-order valence-corrected chi connectivity index (χ1v) is 4.58. The van der Waals surface area contributed by atoms with E-state index in [4.69, 9.17) is 23.8 Å². The van der Waals surface area contributed by atoms with Crippen LogP contribution in [0.4, 0.5) is 0 Å². The molecule has 0 atom stereocenters. The van der Waals surface area contributed by atoms with Crippen molar-refractivity contribution in [2.24, 2.45) is 0 Å². The average molecular weight is 211 g/mol. The van der Waals surface area contributed by atoms with E-state index < -0.39 is 0 Å². The minimum absolute atomic E-state index is 0.620. The third-order valence-electron chi connectivity index (χ3n) is 1.73. The zero-order chi connectivity index (χ0) is 9.26. The quantitative estimate of drug-likeness (QED) is 0.695. The molecular weight excluding hydrogens is 204 g/mol. The molecule has 13 heavy (non-hydrogen) atoms. The molecule has 2 N–H and O–H groups in total. The average Bonchev–Trinajstić information content (AvgIpc) is 2.52. The summed E-state index contributed by atoms with van der Waals surface area (Å²) in [6, 6.07) is 7.60. The number of hydrogen-bond acceptors (Lipinski definition) is 1. The zero-order valence-corrected chi connectivity index (χ0v) is 8.25. The molecule has 1 heterocycles. The second kappa shape index (κ2) is 3.36. The highest BCUT2D eigenvalue weighted by molar-refractivity contribution is 7.71. The Bertz CT molecular complexity index is 472. The molecule has 1 aromatic carbocycles. The van der Waals surface area contributed by atoms with Gasteiger partial charge in [-0.05, 0) is 24.4 Å². The SMILES string of the molecule is S=c1[nH]cc(-c2cccc(Cl)c2)[nH]1. The lowest BCUT2D eigenvalue weighted by molar-refractivity contribution is 1.27. The van der Waals surface area contributed by atoms with Gasteiger partial charge in [0.15, 0.2) is 4.77 Å². The van der Waals surface area contributed by atoms with Crippen LogP contribution in [0.5, 0.6) is 0 Å². The van der Waals surface area contributed by atoms with Gasteiger partial charge in [-0.25, -0.2) is 0 Å². The Morgan fingerprint density at radius 3 is 2.77 bits per heavy atom. The molecule has 0 spiro atoms. The van der Waals surface area contributed by atoms with Gasteiger partial charge in [0.2, 0.25) is 0 Å². The highest BCUT2D eigenvalue weighted by atomic mass is 35.5. The highest BCUT2D eigenvalue weighted by Crippen LogP contribution is 2.19. The molecule has 0 unspecified atom stereocenters. The van der Waals surface area contributed by atoms with Gasteiger partial charge >= 0.3 is 0 Å². The summed E-state index contributed by atoms with van der Waals surface area (Å²) in [5.74, 6) is 0. The van der Waals surface area contributed by atoms with Gasteiger partial charge in [0, 0.05) is 16.8 Å². The molecule has 0 aliphatic rings. The molecule has 4 heteroatoms. The minimum Gasteiger partial charge on any atom is -0.337 e. The van der Waals surface area contributed by atoms with Crippen molar-refractivity contribution in [3.05, 3.63) is 40.3 Å². The summed E-state index contributed by atoms with van der Waals surface area (Å²) in [7, 11) is 0. The van der Waals surface area contributed by atoms with Crippen molar-refractivity contribution in [3.63, 3.8) is 0 Å². The van der Waals surface area contributed by atoms with Crippen LogP contribution in [0.1, 0.15) is 0 Å². The molecule has 0 amide bonds. The van der Waals surface area contributed by atoms with Crippen LogP contribution in [0.15, 0.2) is 30.5 Å². The molecule has 0 aliphatic carbocycles. The largest absolute Gasteiger partial charge is 0.337 e. The standard InChI is InChI=1S/C9H7ClN2S/c10-7-3-1-2-6(4-7)8-5-11-9(13)12-8/h1-5H,(H2,11,12,13). The smallest absolute Gasteiger partial charge is 0.174 e. The molecule has 0 aliphatic heterocycles. The summed E-state index contributed by atoms with van der Waals surface area (Å²) < 4.78 is 0.620. The summed E-state index contributed by atoms with van der Waals surface area (Å²) >= 11 is 10.8. The molecule has 2 nitrogen and oxygen atoms in total. The van der Waals surface area contributed by atoms with E-state index in [1.54, 1.807) is 0 Å². The Morgan fingerprint density at radius 2 is 2.15 bits per heavy atom. The molecule has 0 saturated carbocycles. The second-order valence-corrected chi connectivity index (χ2v) is 3.51. The first-order chi connectivity index (χ1) is 6.25. The van der Waals surface area contributed by atoms with E-state index in [0.29, 0.717) is 4.77 Å². The summed E-state index contributed by atoms with van der Waals surface area (Å²) in [6.07, 6.45) is 1.83. The Morgan fingerprint density at radius 1 is 1.31 bits per heavy atom. The molecule has 0 saturated heterocycles. The van der Waals surface area contributed by atoms with E-state index in [9.17, 15) is 0 Å². The third-order valence-corrected chi connectivity index (χ3v) is 2.19. The molecule has 2 rings (SSSR count). The summed E-state index contributed by atoms with van der Waals surface area (Å²) in [5.41, 5.74) is 1.98. The van der Waals surface area contributed by atoms with Crippen molar-refractivity contribution in [1.29, 1.82) is 0 Å². The van der Waals surface area contributed by atoms with Crippen LogP contribution in [0.2, 0.25) is 5.02 Å². The van der Waals surface area contributed by atoms with Crippen LogP contribution in [-0.2, 0) is 0 Å². The van der Waals surface area contributed by atoms with Gasteiger partial charge in [0.05, 0.1) is 5.69 Å². The minimum atomic E-state index is 0.620. The first kappa shape index (κ1) is 8.53. The van der Waals surface area contributed by atoms with E-state index >= 15 is 0 Å². The maximum atomic E-state index is 5.85. The van der Waals surface area contributed by atoms with E-state index in [1.807, 2.05) is 30.5 Å². The number of nitrogens with one attached hydrogen (secondary N) is 2. The van der Waals surface area contributed by atoms with Gasteiger partial charge in [-0.2, -0.15) is 0 Å². The van der Waals surface area contributed by atoms with Crippen molar-refractivity contribution in [1.82, 2.24) is 9.97 Å². The van der Waals surface area contributed by atoms with Crippen LogP contribution in [0.25, 0.3) is 11.3 Å². The van der Waals surface area contributed by atoms with E-state index in [-0.39, 0.29) is 0 Å². The summed E-state index contributed by atoms with van der Waals surface area (Å²) in [4.78, 5) is 5.92. The number of benzene rings is 1. The lowest BCUT2D eigenvalue weighted by atomic mass is 10.2. The van der Waals surface area contributed by atoms with Gasteiger partial charge in [0.1, 0.15) is 0 Å². The monoisotopic (exact) mass is 210 g/mol. The van der Waals surface area contributed by atoms with Gasteiger partial charge in [-0.15, -0.1) is 0 Å². The fraction of sp³-hybridized carbons (Fsp3) is 0. The maximum Gasteiger partial charge on any atom is 0.174 e. The summed E-state index contributed by atoms with van der Waals surface area (Å²) in [6.45, 7) is 0. The normalized spacial score (nSPS) is 10.2. The van der Waals surface area contributed by atoms with Crippen molar-refractivity contribution >= 4 is 23.8 Å². The van der Waals surface area contributed by atoms with E-state index in [1.165, 1.54) is 0 Å². The van der Waals surface area contributed by atoms with Crippen LogP contribution in [-0.4, -0.2) is 9.97 Å². The molecule has 2 aromatic rings. The Balaban J connectivity index is 2.52. The summed E-state index contributed by atoms with van der Waals surface area (Å²) in [5, 5.41) is 0.720. The molecule has 66 valence electrons. The van der Waals surface area contributed by atoms with Gasteiger partial charge in [-0.1, -0.05) is 23.7 Å². The van der Waals surface area contributed by atoms with Gasteiger partial charge in [0.25, 0.3) is 0 Å². The number of rotatable bonds is 1. The fourth-order valence-corrected chi connectivity index (χ4v) is 1.50. The highest BCUT2D eigenvalue weighted by Gasteiger charge is 1.98. The maximum absolute atomic E-state index is 5.85. The van der Waals surface area contributed by atoms with Crippen molar-refractivity contribution in [2.75, 3.05) is 0 Å². The molecular formula is C9H7ClN2S. The topological polar surface area (TPSA) is 31.6 Å². The van der Waals surface area contributed by atoms with Crippen LogP contribution < -0.4 is 0 Å². The van der Waals surface area contributed by atoms with Crippen LogP contribution >= 0.6 is 23.8 Å². The number of aromatic nitrogens is 2. The third kappa shape index (κ3) is 1.82. The molecule has 0 radical (unpaired) electrons. The zero-order valence-electron chi connectivity index (χ0n) is 6.67. The Kier molecular flexibility index (Phi) is 2.20. The van der Waals surface area contributed by atoms with E-state index in [2.05, 4.69) is 9.97 Å². The Labute approximate surface area is 85.6 Å². The van der Waals surface area contributed by atoms with Gasteiger partial charge in [-0.3, -0.25) is 0 Å². The van der Waals surface area contributed by atoms with E-state index in [0.717, 1.165) is 16.3 Å². The van der Waals surface area contributed by atoms with Gasteiger partial charge < -0.3 is 9.97 Å². The molecule has 0 fully saturated rings. The number of aromatic amines is 2. The molecule has 1 aromatic heterocycles. The van der Waals surface area contributed by atoms with Crippen LogP contribution in [0.3, 0.4) is 0 Å². The lowest BCUT2D eigenvalue weighted by Crippen LogP contribution is -1.75. The number of imidazole rings is 1. The van der Waals surface area contributed by atoms with Crippen molar-refractivity contribution in [2.45, 2.75) is 0 Å². The fourth-order valence-electron chi connectivity index (χ4n) is 1.14. The Hall–Kier alpha value is -1.06. The molecule has 0 bridgehead atoms. The number of halogens is 1. The predicted octanol–water partition coefficient (Wildman–Crippen LogP) is 3.39. The van der Waals surface area contributed by atoms with Crippen molar-refractivity contribution in [3.8, 4) is 11.3 Å².